The van der Waals surface area contributed by atoms with Gasteiger partial charge in [-0.1, -0.05) is 44.9 Å². The lowest BCUT2D eigenvalue weighted by molar-refractivity contribution is 0.388. The highest BCUT2D eigenvalue weighted by atomic mass is 32.2. The summed E-state index contributed by atoms with van der Waals surface area (Å²) in [5, 5.41) is 0. The van der Waals surface area contributed by atoms with E-state index < -0.39 is 10.9 Å². The molecule has 1 saturated heterocycles. The van der Waals surface area contributed by atoms with E-state index in [1.807, 2.05) is 0 Å². The summed E-state index contributed by atoms with van der Waals surface area (Å²) in [6.45, 7) is 1.47. The van der Waals surface area contributed by atoms with Crippen molar-refractivity contribution in [3.05, 3.63) is 0 Å². The largest absolute Gasteiger partial charge is 0.215 e. The second-order valence-electron chi connectivity index (χ2n) is 4.37. The Labute approximate surface area is 94.9 Å². The first-order valence-corrected chi connectivity index (χ1v) is 7.33. The van der Waals surface area contributed by atoms with Crippen LogP contribution in [0.3, 0.4) is 0 Å². The molecule has 1 fully saturated rings. The van der Waals surface area contributed by atoms with Gasteiger partial charge >= 0.3 is 0 Å². The molecular formula is C11H23NO2S. The molecule has 0 saturated carbocycles. The molecule has 0 aliphatic carbocycles. The Morgan fingerprint density at radius 1 is 0.600 bits per heavy atom. The summed E-state index contributed by atoms with van der Waals surface area (Å²) in [7, 11) is -2.35. The van der Waals surface area contributed by atoms with Gasteiger partial charge in [-0.15, -0.1) is 0 Å². The molecule has 0 aromatic rings. The van der Waals surface area contributed by atoms with Gasteiger partial charge in [0.05, 0.1) is 0 Å². The van der Waals surface area contributed by atoms with Gasteiger partial charge in [0.2, 0.25) is 10.9 Å². The summed E-state index contributed by atoms with van der Waals surface area (Å²) >= 11 is 0. The monoisotopic (exact) mass is 233 g/mol. The van der Waals surface area contributed by atoms with Crippen LogP contribution in [-0.2, 0) is 10.9 Å². The molecule has 1 heterocycles. The lowest BCUT2D eigenvalue weighted by Gasteiger charge is -2.15. The molecule has 4 heteroatoms. The van der Waals surface area contributed by atoms with Crippen molar-refractivity contribution in [2.45, 2.75) is 57.8 Å². The maximum Gasteiger partial charge on any atom is 0.203 e. The quantitative estimate of drug-likeness (QED) is 0.706. The minimum atomic E-state index is -2.35. The zero-order chi connectivity index (χ0) is 10.9. The molecule has 0 aromatic carbocycles. The summed E-state index contributed by atoms with van der Waals surface area (Å²) in [4.78, 5) is 0. The van der Waals surface area contributed by atoms with Crippen LogP contribution in [0.1, 0.15) is 57.8 Å². The van der Waals surface area contributed by atoms with Crippen LogP contribution in [0, 0.1) is 0 Å². The van der Waals surface area contributed by atoms with Crippen LogP contribution in [0.4, 0.5) is 0 Å². The molecule has 3 nitrogen and oxygen atoms in total. The Bertz CT molecular complexity index is 209. The Morgan fingerprint density at radius 3 is 1.27 bits per heavy atom. The molecule has 1 aliphatic heterocycles. The van der Waals surface area contributed by atoms with E-state index in [9.17, 15) is 8.42 Å². The molecule has 15 heavy (non-hydrogen) atoms. The van der Waals surface area contributed by atoms with Gasteiger partial charge in [-0.3, -0.25) is 0 Å². The number of hydrogen-bond donors (Lipinski definition) is 1. The highest BCUT2D eigenvalue weighted by Gasteiger charge is 2.06. The third-order valence-electron chi connectivity index (χ3n) is 3.06. The van der Waals surface area contributed by atoms with Crippen LogP contribution in [0.25, 0.3) is 0 Å². The Balaban J connectivity index is 2.32. The Kier molecular flexibility index (Phi) is 7.01. The molecule has 0 unspecified atom stereocenters. The first-order valence-electron chi connectivity index (χ1n) is 6.20. The highest BCUT2D eigenvalue weighted by molar-refractivity contribution is 7.69. The smallest absolute Gasteiger partial charge is 0.203 e. The zero-order valence-electron chi connectivity index (χ0n) is 9.49. The van der Waals surface area contributed by atoms with Crippen molar-refractivity contribution in [3.8, 4) is 0 Å². The summed E-state index contributed by atoms with van der Waals surface area (Å²) in [5.74, 6) is 0. The first-order chi connectivity index (χ1) is 7.30. The molecule has 0 bridgehead atoms. The van der Waals surface area contributed by atoms with Gasteiger partial charge in [-0.2, -0.15) is 0 Å². The maximum atomic E-state index is 10.9. The normalized spacial score (nSPS) is 23.3. The van der Waals surface area contributed by atoms with Crippen molar-refractivity contribution >= 4 is 10.9 Å². The summed E-state index contributed by atoms with van der Waals surface area (Å²) < 4.78 is 23.5. The second kappa shape index (κ2) is 8.11. The SMILES string of the molecule is O=[SH](=O)N1CCCCCCCCCCC1. The molecule has 0 N–H and O–H groups in total. The summed E-state index contributed by atoms with van der Waals surface area (Å²) in [5.41, 5.74) is 0. The average molecular weight is 233 g/mol. The van der Waals surface area contributed by atoms with Crippen molar-refractivity contribution in [1.29, 1.82) is 0 Å². The van der Waals surface area contributed by atoms with Crippen LogP contribution in [0.5, 0.6) is 0 Å². The fourth-order valence-electron chi connectivity index (χ4n) is 2.10. The molecule has 0 amide bonds. The van der Waals surface area contributed by atoms with Crippen molar-refractivity contribution < 1.29 is 8.42 Å². The van der Waals surface area contributed by atoms with Gasteiger partial charge in [-0.05, 0) is 12.8 Å². The van der Waals surface area contributed by atoms with E-state index in [1.54, 1.807) is 4.31 Å². The zero-order valence-corrected chi connectivity index (χ0v) is 10.4. The van der Waals surface area contributed by atoms with Crippen LogP contribution in [0.2, 0.25) is 0 Å². The van der Waals surface area contributed by atoms with Crippen LogP contribution < -0.4 is 0 Å². The maximum absolute atomic E-state index is 10.9. The predicted octanol–water partition coefficient (Wildman–Crippen LogP) is 2.34. The predicted molar refractivity (Wildman–Crippen MR) is 63.4 cm³/mol. The number of rotatable bonds is 1. The van der Waals surface area contributed by atoms with E-state index in [0.717, 1.165) is 25.9 Å². The minimum absolute atomic E-state index is 0.735. The Morgan fingerprint density at radius 2 is 0.933 bits per heavy atom. The van der Waals surface area contributed by atoms with Gasteiger partial charge in [0, 0.05) is 13.1 Å². The van der Waals surface area contributed by atoms with E-state index >= 15 is 0 Å². The van der Waals surface area contributed by atoms with Crippen molar-refractivity contribution in [1.82, 2.24) is 4.31 Å². The molecule has 1 rings (SSSR count). The number of hydrogen-bond acceptors (Lipinski definition) is 2. The third-order valence-corrected chi connectivity index (χ3v) is 3.93. The van der Waals surface area contributed by atoms with Gasteiger partial charge < -0.3 is 0 Å². The minimum Gasteiger partial charge on any atom is -0.215 e. The van der Waals surface area contributed by atoms with Crippen molar-refractivity contribution in [3.63, 3.8) is 0 Å². The van der Waals surface area contributed by atoms with E-state index in [4.69, 9.17) is 0 Å². The molecular weight excluding hydrogens is 210 g/mol. The van der Waals surface area contributed by atoms with Crippen LogP contribution in [0.15, 0.2) is 0 Å². The second-order valence-corrected chi connectivity index (χ2v) is 5.41. The Hall–Kier alpha value is -0.0900. The van der Waals surface area contributed by atoms with E-state index in [-0.39, 0.29) is 0 Å². The number of thiol groups is 1. The van der Waals surface area contributed by atoms with E-state index in [1.165, 1.54) is 44.9 Å². The standard InChI is InChI=1S/C11H23NO2S/c13-15(14)12-10-8-6-4-2-1-3-5-7-9-11-12/h15H,1-11H2. The van der Waals surface area contributed by atoms with Crippen LogP contribution >= 0.6 is 0 Å². The topological polar surface area (TPSA) is 37.4 Å². The van der Waals surface area contributed by atoms with E-state index in [0.29, 0.717) is 0 Å². The van der Waals surface area contributed by atoms with Gasteiger partial charge in [-0.25, -0.2) is 12.7 Å². The van der Waals surface area contributed by atoms with Gasteiger partial charge in [0.15, 0.2) is 0 Å². The molecule has 90 valence electrons. The average Bonchev–Trinajstić information content (AvgIpc) is 2.18. The summed E-state index contributed by atoms with van der Waals surface area (Å²) in [6.07, 6.45) is 11.0. The molecule has 0 radical (unpaired) electrons. The third kappa shape index (κ3) is 6.15. The van der Waals surface area contributed by atoms with Crippen molar-refractivity contribution in [2.75, 3.05) is 13.1 Å². The molecule has 0 atom stereocenters. The molecule has 1 aliphatic rings. The lowest BCUT2D eigenvalue weighted by Crippen LogP contribution is -2.24. The first kappa shape index (κ1) is 13.0. The fraction of sp³-hybridized carbons (Fsp3) is 1.00. The molecule has 0 spiro atoms. The fourth-order valence-corrected chi connectivity index (χ4v) is 2.71. The highest BCUT2D eigenvalue weighted by Crippen LogP contribution is 2.12. The lowest BCUT2D eigenvalue weighted by atomic mass is 10.1. The number of nitrogens with zero attached hydrogens (tertiary/aromatic N) is 1. The molecule has 0 aromatic heterocycles. The van der Waals surface area contributed by atoms with E-state index in [2.05, 4.69) is 0 Å². The van der Waals surface area contributed by atoms with Gasteiger partial charge in [0.25, 0.3) is 0 Å². The van der Waals surface area contributed by atoms with Gasteiger partial charge in [0.1, 0.15) is 0 Å². The van der Waals surface area contributed by atoms with Crippen molar-refractivity contribution in [2.24, 2.45) is 0 Å². The van der Waals surface area contributed by atoms with Crippen LogP contribution in [-0.4, -0.2) is 25.8 Å². The summed E-state index contributed by atoms with van der Waals surface area (Å²) in [6, 6.07) is 0.